The van der Waals surface area contributed by atoms with Gasteiger partial charge in [-0.1, -0.05) is 101 Å². The molecule has 8 heteroatoms. The maximum Gasteiger partial charge on any atom is 2.00 e. The molecule has 6 nitrogen and oxygen atoms in total. The van der Waals surface area contributed by atoms with E-state index >= 15 is 0 Å². The van der Waals surface area contributed by atoms with Crippen molar-refractivity contribution < 1.29 is 26.5 Å². The molecule has 0 N–H and O–H groups in total. The number of aromatic nitrogens is 4. The number of benzene rings is 3. The molecule has 2 aliphatic heterocycles. The van der Waals surface area contributed by atoms with Gasteiger partial charge in [0, 0.05) is 0 Å². The molecule has 0 aliphatic carbocycles. The maximum atomic E-state index is 6.58. The molecule has 8 bridgehead atoms. The molecule has 6 aromatic rings. The van der Waals surface area contributed by atoms with Gasteiger partial charge in [0.2, 0.25) is 0 Å². The van der Waals surface area contributed by atoms with Crippen LogP contribution in [-0.2, 0) is 17.1 Å². The Kier molecular flexibility index (Phi) is 8.39. The average molecular weight is 725 g/mol. The minimum Gasteiger partial charge on any atom is -0.656 e. The third-order valence-corrected chi connectivity index (χ3v) is 8.72. The Morgan fingerprint density at radius 3 is 1.40 bits per heavy atom. The van der Waals surface area contributed by atoms with E-state index in [9.17, 15) is 0 Å². The Bertz CT molecular complexity index is 2190. The Balaban J connectivity index is 0.00000351. The van der Waals surface area contributed by atoms with Crippen LogP contribution in [0.15, 0.2) is 114 Å². The van der Waals surface area contributed by atoms with Crippen molar-refractivity contribution in [2.45, 2.75) is 0 Å². The van der Waals surface area contributed by atoms with E-state index in [0.29, 0.717) is 22.9 Å². The number of hydrogen-bond acceptors (Lipinski definition) is 4. The van der Waals surface area contributed by atoms with Gasteiger partial charge in [0.05, 0.1) is 18.5 Å². The van der Waals surface area contributed by atoms with E-state index < -0.39 is 0 Å². The Hall–Kier alpha value is -5.14. The molecule has 3 aromatic heterocycles. The first-order valence-corrected chi connectivity index (χ1v) is 15.6. The maximum absolute atomic E-state index is 6.58. The third kappa shape index (κ3) is 5.83. The summed E-state index contributed by atoms with van der Waals surface area (Å²) in [5.41, 5.74) is 9.93. The van der Waals surface area contributed by atoms with Crippen molar-refractivity contribution in [3.05, 3.63) is 136 Å². The second-order valence-electron chi connectivity index (χ2n) is 10.8. The van der Waals surface area contributed by atoms with Crippen LogP contribution in [0.2, 0.25) is 0 Å². The van der Waals surface area contributed by atoms with Gasteiger partial charge < -0.3 is 19.4 Å². The first kappa shape index (κ1) is 30.5. The third-order valence-electron chi connectivity index (χ3n) is 7.90. The monoisotopic (exact) mass is 723 g/mol. The second kappa shape index (κ2) is 12.9. The second-order valence-corrected chi connectivity index (χ2v) is 11.6. The van der Waals surface area contributed by atoms with Crippen LogP contribution in [0.3, 0.4) is 0 Å². The molecule has 0 unspecified atom stereocenters. The summed E-state index contributed by atoms with van der Waals surface area (Å²) in [7, 11) is 1.64. The van der Waals surface area contributed by atoms with Crippen molar-refractivity contribution in [2.24, 2.45) is 0 Å². The van der Waals surface area contributed by atoms with Gasteiger partial charge in [0.1, 0.15) is 22.9 Å². The van der Waals surface area contributed by atoms with Crippen LogP contribution in [0.25, 0.3) is 68.6 Å². The summed E-state index contributed by atoms with van der Waals surface area (Å²) < 4.78 is 12.8. The Labute approximate surface area is 290 Å². The topological polar surface area (TPSA) is 72.4 Å². The van der Waals surface area contributed by atoms with Crippen molar-refractivity contribution in [1.82, 2.24) is 19.9 Å². The summed E-state index contributed by atoms with van der Waals surface area (Å²) in [6.45, 7) is 0. The molecule has 2 aliphatic rings. The number of methoxy groups -OCH3 is 1. The smallest absolute Gasteiger partial charge is 0.656 e. The van der Waals surface area contributed by atoms with E-state index in [-0.39, 0.29) is 17.1 Å². The molecule has 0 spiro atoms. The largest absolute Gasteiger partial charge is 2.00 e. The van der Waals surface area contributed by atoms with E-state index in [0.717, 1.165) is 65.9 Å². The number of rotatable bonds is 5. The first-order valence-electron chi connectivity index (χ1n) is 14.8. The molecule has 0 saturated carbocycles. The molecule has 0 amide bonds. The van der Waals surface area contributed by atoms with Crippen molar-refractivity contribution in [3.8, 4) is 39.5 Å². The van der Waals surface area contributed by atoms with Crippen molar-refractivity contribution in [3.63, 3.8) is 0 Å². The van der Waals surface area contributed by atoms with E-state index in [2.05, 4.69) is 40.2 Å². The van der Waals surface area contributed by atoms with Gasteiger partial charge in [0.15, 0.2) is 5.75 Å². The fourth-order valence-corrected chi connectivity index (χ4v) is 6.14. The number of halogens is 1. The summed E-state index contributed by atoms with van der Waals surface area (Å²) in [5.74, 6) is 1.93. The zero-order valence-corrected chi connectivity index (χ0v) is 27.5. The minimum atomic E-state index is 0. The van der Waals surface area contributed by atoms with Crippen molar-refractivity contribution >= 4 is 62.3 Å². The van der Waals surface area contributed by atoms with Crippen molar-refractivity contribution in [1.29, 1.82) is 0 Å². The van der Waals surface area contributed by atoms with E-state index in [4.69, 9.17) is 29.4 Å². The van der Waals surface area contributed by atoms with Gasteiger partial charge in [-0.3, -0.25) is 0 Å². The van der Waals surface area contributed by atoms with E-state index in [1.54, 1.807) is 7.11 Å². The summed E-state index contributed by atoms with van der Waals surface area (Å²) >= 11 is 3.81. The normalized spacial score (nSPS) is 11.7. The Morgan fingerprint density at radius 2 is 0.936 bits per heavy atom. The Morgan fingerprint density at radius 1 is 0.511 bits per heavy atom. The number of hydrogen-bond donors (Lipinski definition) is 0. The van der Waals surface area contributed by atoms with Gasteiger partial charge in [-0.25, -0.2) is 9.97 Å². The molecule has 1 radical (unpaired) electrons. The standard InChI is InChI=1S/C39H25BrN4O2.Cu/c1-45-26-12-14-27(15-13-26)46-39-34-22-18-30(43-34)36(24-8-4-2-5-9-24)28-16-20-32(41-28)38(40)33-21-17-29(42-33)37(25-10-6-3-7-11-25)31-19-23-35(39)44-31;/h2-23H,1H3;/q-2;+2. The molecule has 8 rings (SSSR count). The summed E-state index contributed by atoms with van der Waals surface area (Å²) in [6, 6.07) is 36.0. The predicted octanol–water partition coefficient (Wildman–Crippen LogP) is 9.81. The zero-order chi connectivity index (χ0) is 31.0. The molecule has 47 heavy (non-hydrogen) atoms. The van der Waals surface area contributed by atoms with E-state index in [1.807, 2.05) is 109 Å². The van der Waals surface area contributed by atoms with Crippen LogP contribution in [-0.4, -0.2) is 17.1 Å². The molecule has 0 fully saturated rings. The van der Waals surface area contributed by atoms with Crippen LogP contribution in [0.1, 0.15) is 22.8 Å². The molecule has 5 heterocycles. The summed E-state index contributed by atoms with van der Waals surface area (Å²) in [4.78, 5) is 20.4. The van der Waals surface area contributed by atoms with Gasteiger partial charge in [-0.05, 0) is 75.3 Å². The first-order chi connectivity index (χ1) is 22.6. The van der Waals surface area contributed by atoms with Gasteiger partial charge >= 0.3 is 17.1 Å². The predicted molar refractivity (Wildman–Crippen MR) is 188 cm³/mol. The van der Waals surface area contributed by atoms with E-state index in [1.165, 1.54) is 0 Å². The van der Waals surface area contributed by atoms with Gasteiger partial charge in [0.25, 0.3) is 0 Å². The quantitative estimate of drug-likeness (QED) is 0.165. The molecular formula is C39H25BrCuN4O2. The van der Waals surface area contributed by atoms with Crippen LogP contribution < -0.4 is 19.4 Å². The fraction of sp³-hybridized carbons (Fsp3) is 0.0256. The number of ether oxygens (including phenoxy) is 2. The molecule has 3 aromatic carbocycles. The average Bonchev–Trinajstić information content (AvgIpc) is 3.93. The fourth-order valence-electron chi connectivity index (χ4n) is 5.70. The molecule has 0 atom stereocenters. The SMILES string of the molecule is COc1ccc(Oc2c3nc(c(-c4ccccc4)c4ccc([n-]4)c(Br)c4ccc([n-]4)c(-c4ccccc4)c4nc2C=C4)C=C3)cc1.[Cu+2]. The van der Waals surface area contributed by atoms with Crippen LogP contribution in [0.5, 0.6) is 17.2 Å². The molecule has 231 valence electrons. The number of nitrogens with zero attached hydrogens (tertiary/aromatic N) is 4. The summed E-state index contributed by atoms with van der Waals surface area (Å²) in [5, 5.41) is 0. The van der Waals surface area contributed by atoms with Crippen LogP contribution in [0, 0.1) is 0 Å². The summed E-state index contributed by atoms with van der Waals surface area (Å²) in [6.07, 6.45) is 7.97. The molecule has 0 saturated heterocycles. The van der Waals surface area contributed by atoms with Gasteiger partial charge in [-0.2, -0.15) is 0 Å². The van der Waals surface area contributed by atoms with Crippen LogP contribution in [0.4, 0.5) is 0 Å². The number of fused-ring (bicyclic) bond motifs is 8. The van der Waals surface area contributed by atoms with Gasteiger partial charge in [-0.15, -0.1) is 22.1 Å². The van der Waals surface area contributed by atoms with Crippen molar-refractivity contribution in [2.75, 3.05) is 7.11 Å². The molecular weight excluding hydrogens is 700 g/mol. The zero-order valence-electron chi connectivity index (χ0n) is 25.0. The van der Waals surface area contributed by atoms with Crippen LogP contribution >= 0.6 is 15.9 Å². The minimum absolute atomic E-state index is 0.